The lowest BCUT2D eigenvalue weighted by Gasteiger charge is -2.26. The first-order valence-corrected chi connectivity index (χ1v) is 21.0. The Morgan fingerprint density at radius 2 is 1.13 bits per heavy atom. The van der Waals surface area contributed by atoms with Crippen molar-refractivity contribution in [2.24, 2.45) is 5.73 Å². The van der Waals surface area contributed by atoms with Crippen LogP contribution in [-0.4, -0.2) is 132 Å². The molecule has 14 N–H and O–H groups in total. The predicted molar refractivity (Wildman–Crippen MR) is 223 cm³/mol. The fourth-order valence-electron chi connectivity index (χ4n) is 5.98. The highest BCUT2D eigenvalue weighted by Crippen LogP contribution is 2.13. The minimum atomic E-state index is -1.81. The van der Waals surface area contributed by atoms with Gasteiger partial charge in [0, 0.05) is 20.0 Å². The van der Waals surface area contributed by atoms with Crippen molar-refractivity contribution in [1.29, 1.82) is 5.41 Å². The van der Waals surface area contributed by atoms with Gasteiger partial charge in [0.15, 0.2) is 5.96 Å². The average molecular weight is 857 g/mol. The molecule has 21 nitrogen and oxygen atoms in total. The number of unbranched alkanes of at least 4 members (excludes halogenated alkanes) is 12. The third-order valence-electron chi connectivity index (χ3n) is 9.47. The van der Waals surface area contributed by atoms with Gasteiger partial charge >= 0.3 is 5.97 Å². The summed E-state index contributed by atoms with van der Waals surface area (Å²) in [6.45, 7) is 3.37. The van der Waals surface area contributed by atoms with Crippen molar-refractivity contribution in [1.82, 2.24) is 42.5 Å². The molecule has 0 aliphatic heterocycles. The van der Waals surface area contributed by atoms with Crippen LogP contribution in [0.1, 0.15) is 130 Å². The van der Waals surface area contributed by atoms with Gasteiger partial charge in [0.25, 0.3) is 0 Å². The Balaban J connectivity index is 5.16. The van der Waals surface area contributed by atoms with Gasteiger partial charge in [0.1, 0.15) is 30.2 Å². The van der Waals surface area contributed by atoms with E-state index < -0.39 is 97.3 Å². The minimum absolute atomic E-state index is 0.0819. The highest BCUT2D eigenvalue weighted by atomic mass is 16.4. The lowest BCUT2D eigenvalue weighted by molar-refractivity contribution is -0.142. The van der Waals surface area contributed by atoms with Crippen molar-refractivity contribution in [3.63, 3.8) is 0 Å². The van der Waals surface area contributed by atoms with Gasteiger partial charge in [-0.3, -0.25) is 43.8 Å². The number of nitrogens with one attached hydrogen (secondary N) is 9. The van der Waals surface area contributed by atoms with Crippen molar-refractivity contribution in [2.75, 3.05) is 26.7 Å². The lowest BCUT2D eigenvalue weighted by Crippen LogP contribution is -2.60. The number of guanidine groups is 1. The predicted octanol–water partition coefficient (Wildman–Crippen LogP) is -1.12. The van der Waals surface area contributed by atoms with Crippen molar-refractivity contribution >= 4 is 53.3 Å². The number of likely N-dealkylation sites (N-methyl/N-ethyl adjacent to an activating group) is 1. The number of amides is 7. The Kier molecular flexibility index (Phi) is 30.0. The first-order chi connectivity index (χ1) is 28.5. The zero-order chi connectivity index (χ0) is 45.5. The fourth-order valence-corrected chi connectivity index (χ4v) is 5.98. The molecule has 0 fully saturated rings. The van der Waals surface area contributed by atoms with Crippen LogP contribution in [0, 0.1) is 5.41 Å². The number of carbonyl (C=O) groups is 8. The smallest absolute Gasteiger partial charge is 0.305 e. The van der Waals surface area contributed by atoms with Crippen molar-refractivity contribution in [2.45, 2.75) is 166 Å². The number of hydrogen-bond donors (Lipinski definition) is 13. The van der Waals surface area contributed by atoms with Gasteiger partial charge < -0.3 is 63.6 Å². The van der Waals surface area contributed by atoms with Crippen LogP contribution in [0.5, 0.6) is 0 Å². The van der Waals surface area contributed by atoms with Crippen LogP contribution in [0.15, 0.2) is 0 Å². The van der Waals surface area contributed by atoms with E-state index in [4.69, 9.17) is 11.1 Å². The molecule has 0 saturated carbocycles. The summed E-state index contributed by atoms with van der Waals surface area (Å²) in [6.07, 6.45) is 13.2. The van der Waals surface area contributed by atoms with E-state index in [9.17, 15) is 53.7 Å². The van der Waals surface area contributed by atoms with Crippen LogP contribution in [0.3, 0.4) is 0 Å². The SMILES string of the molecule is CCCCCCCCCCCCCCCC(=O)N[C@@H](C)C(=O)NCC(=O)N[C@@H](CCCNC(=N)N)C(=O)N[C@@H](CO)C(=O)N[C@@H](CC(=O)O)C(=O)N[C@H](C(=O)NC)[C@@H](C)O. The topological polar surface area (TPSA) is 343 Å². The van der Waals surface area contributed by atoms with E-state index in [-0.39, 0.29) is 37.7 Å². The molecule has 0 aliphatic carbocycles. The molecule has 0 radical (unpaired) electrons. The van der Waals surface area contributed by atoms with Gasteiger partial charge in [0.05, 0.1) is 25.7 Å². The van der Waals surface area contributed by atoms with Crippen LogP contribution < -0.4 is 48.3 Å². The molecule has 0 aliphatic rings. The highest BCUT2D eigenvalue weighted by Gasteiger charge is 2.33. The Bertz CT molecular complexity index is 1370. The summed E-state index contributed by atoms with van der Waals surface area (Å²) in [6, 6.07) is -7.39. The van der Waals surface area contributed by atoms with Gasteiger partial charge in [0.2, 0.25) is 41.4 Å². The molecule has 0 aromatic carbocycles. The molecule has 0 spiro atoms. The summed E-state index contributed by atoms with van der Waals surface area (Å²) >= 11 is 0. The molecule has 21 heteroatoms. The number of carboxylic acid groups (broad SMARTS) is 1. The maximum Gasteiger partial charge on any atom is 0.305 e. The molecule has 0 rings (SSSR count). The van der Waals surface area contributed by atoms with E-state index in [1.807, 2.05) is 0 Å². The zero-order valence-electron chi connectivity index (χ0n) is 35.8. The van der Waals surface area contributed by atoms with Crippen LogP contribution in [0.4, 0.5) is 0 Å². The van der Waals surface area contributed by atoms with E-state index in [1.165, 1.54) is 78.7 Å². The van der Waals surface area contributed by atoms with Gasteiger partial charge in [-0.05, 0) is 33.1 Å². The Morgan fingerprint density at radius 1 is 0.617 bits per heavy atom. The lowest BCUT2D eigenvalue weighted by atomic mass is 10.0. The quantitative estimate of drug-likeness (QED) is 0.0208. The van der Waals surface area contributed by atoms with E-state index in [1.54, 1.807) is 0 Å². The molecule has 0 aromatic rings. The van der Waals surface area contributed by atoms with Gasteiger partial charge in [-0.2, -0.15) is 0 Å². The second kappa shape index (κ2) is 32.8. The average Bonchev–Trinajstić information content (AvgIpc) is 3.19. The number of nitrogens with two attached hydrogens (primary N) is 1. The van der Waals surface area contributed by atoms with Crippen molar-refractivity contribution < 1.29 is 53.7 Å². The third-order valence-corrected chi connectivity index (χ3v) is 9.47. The van der Waals surface area contributed by atoms with Crippen LogP contribution >= 0.6 is 0 Å². The molecule has 0 unspecified atom stereocenters. The Morgan fingerprint density at radius 3 is 1.63 bits per heavy atom. The van der Waals surface area contributed by atoms with Crippen molar-refractivity contribution in [3.8, 4) is 0 Å². The Hall–Kier alpha value is -5.05. The van der Waals surface area contributed by atoms with Crippen LogP contribution in [-0.2, 0) is 38.4 Å². The summed E-state index contributed by atoms with van der Waals surface area (Å²) in [7, 11) is 1.24. The first kappa shape index (κ1) is 54.9. The van der Waals surface area contributed by atoms with E-state index >= 15 is 0 Å². The highest BCUT2D eigenvalue weighted by molar-refractivity contribution is 5.97. The number of aliphatic carboxylic acids is 1. The second-order valence-electron chi connectivity index (χ2n) is 14.8. The van der Waals surface area contributed by atoms with E-state index in [2.05, 4.69) is 49.5 Å². The summed E-state index contributed by atoms with van der Waals surface area (Å²) in [4.78, 5) is 101. The molecule has 6 atom stereocenters. The molecular weight excluding hydrogens is 784 g/mol. The monoisotopic (exact) mass is 857 g/mol. The standard InChI is InChI=1S/C39H72N10O11/c1-5-6-7-8-9-10-11-12-13-14-15-16-17-20-30(52)45-25(2)34(56)44-23-31(53)46-27(19-18-21-43-39(40)41)35(57)48-29(24-50)37(59)47-28(22-32(54)55)36(58)49-33(26(3)51)38(60)42-4/h25-29,33,50-51H,5-24H2,1-4H3,(H,42,60)(H,44,56)(H,45,52)(H,46,53)(H,47,59)(H,48,57)(H,49,58)(H,54,55)(H4,40,41,43)/t25-,26+,27-,28-,29-,33-/m0/s1. The molecule has 344 valence electrons. The van der Waals surface area contributed by atoms with Crippen LogP contribution in [0.2, 0.25) is 0 Å². The molecule has 0 saturated heterocycles. The molecule has 7 amide bonds. The summed E-state index contributed by atoms with van der Waals surface area (Å²) < 4.78 is 0. The maximum absolute atomic E-state index is 13.3. The van der Waals surface area contributed by atoms with E-state index in [0.29, 0.717) is 6.42 Å². The number of hydrogen-bond acceptors (Lipinski definition) is 11. The van der Waals surface area contributed by atoms with Gasteiger partial charge in [-0.15, -0.1) is 0 Å². The largest absolute Gasteiger partial charge is 0.481 e. The van der Waals surface area contributed by atoms with Crippen molar-refractivity contribution in [3.05, 3.63) is 0 Å². The number of carboxylic acids is 1. The zero-order valence-corrected chi connectivity index (χ0v) is 35.8. The third kappa shape index (κ3) is 26.1. The number of aliphatic hydroxyl groups excluding tert-OH is 2. The molecule has 0 heterocycles. The van der Waals surface area contributed by atoms with Gasteiger partial charge in [-0.25, -0.2) is 0 Å². The minimum Gasteiger partial charge on any atom is -0.481 e. The summed E-state index contributed by atoms with van der Waals surface area (Å²) in [5.41, 5.74) is 5.30. The normalized spacial score (nSPS) is 13.8. The summed E-state index contributed by atoms with van der Waals surface area (Å²) in [5.74, 6) is -7.77. The molecular formula is C39H72N10O11. The second-order valence-corrected chi connectivity index (χ2v) is 14.8. The van der Waals surface area contributed by atoms with Crippen LogP contribution in [0.25, 0.3) is 0 Å². The molecule has 0 aromatic heterocycles. The number of rotatable bonds is 34. The first-order valence-electron chi connectivity index (χ1n) is 21.0. The number of aliphatic hydroxyl groups is 2. The van der Waals surface area contributed by atoms with Gasteiger partial charge in [-0.1, -0.05) is 84.0 Å². The fraction of sp³-hybridized carbons (Fsp3) is 0.769. The number of carbonyl (C=O) groups excluding carboxylic acids is 7. The Labute approximate surface area is 353 Å². The maximum atomic E-state index is 13.3. The molecule has 0 bridgehead atoms. The summed E-state index contributed by atoms with van der Waals surface area (Å²) in [5, 5.41) is 55.2. The van der Waals surface area contributed by atoms with E-state index in [0.717, 1.165) is 19.3 Å². The molecule has 60 heavy (non-hydrogen) atoms.